The molecule has 5 rings (SSSR count). The number of nitrogens with one attached hydrogen (secondary N) is 1. The number of ketones is 2. The maximum absolute atomic E-state index is 13.0. The second kappa shape index (κ2) is 10.8. The summed E-state index contributed by atoms with van der Waals surface area (Å²) in [6, 6.07) is 16.1. The number of Topliss-reactive ketones (excluding diaryl/α,β-unsaturated/α-hetero) is 2. The molecule has 192 valence electrons. The molecule has 0 saturated heterocycles. The van der Waals surface area contributed by atoms with E-state index >= 15 is 0 Å². The van der Waals surface area contributed by atoms with Gasteiger partial charge >= 0.3 is 0 Å². The van der Waals surface area contributed by atoms with Gasteiger partial charge in [-0.3, -0.25) is 9.59 Å². The number of fused-ring (bicyclic) bond motifs is 1. The van der Waals surface area contributed by atoms with Gasteiger partial charge in [-0.05, 0) is 46.9 Å². The number of aromatic nitrogens is 8. The summed E-state index contributed by atoms with van der Waals surface area (Å²) >= 11 is 0. The van der Waals surface area contributed by atoms with Crippen molar-refractivity contribution in [2.75, 3.05) is 0 Å². The minimum Gasteiger partial charge on any atom is -0.322 e. The number of carbonyl (C=O) groups excluding carboxylic acids is 2. The molecule has 0 atom stereocenters. The Kier molecular flexibility index (Phi) is 7.12. The second-order valence-corrected chi connectivity index (χ2v) is 9.18. The predicted octanol–water partition coefficient (Wildman–Crippen LogP) is 5.00. The van der Waals surface area contributed by atoms with Crippen LogP contribution < -0.4 is 0 Å². The number of tetrazole rings is 1. The van der Waals surface area contributed by atoms with Crippen molar-refractivity contribution in [3.8, 4) is 22.5 Å². The zero-order valence-electron chi connectivity index (χ0n) is 21.6. The second-order valence-electron chi connectivity index (χ2n) is 9.18. The van der Waals surface area contributed by atoms with Crippen LogP contribution in [0.5, 0.6) is 0 Å². The van der Waals surface area contributed by atoms with Gasteiger partial charge < -0.3 is 4.57 Å². The Morgan fingerprint density at radius 1 is 0.842 bits per heavy atom. The van der Waals surface area contributed by atoms with Crippen molar-refractivity contribution in [2.24, 2.45) is 0 Å². The molecule has 3 heterocycles. The van der Waals surface area contributed by atoms with Gasteiger partial charge in [0.05, 0.1) is 0 Å². The Bertz CT molecular complexity index is 1600. The van der Waals surface area contributed by atoms with E-state index in [0.29, 0.717) is 54.9 Å². The number of nitrogens with zero attached hydrogens (tertiary/aromatic N) is 7. The van der Waals surface area contributed by atoms with E-state index in [0.717, 1.165) is 22.3 Å². The van der Waals surface area contributed by atoms with E-state index in [1.54, 1.807) is 0 Å². The lowest BCUT2D eigenvalue weighted by Gasteiger charge is -2.12. The number of hydrogen-bond donors (Lipinski definition) is 1. The molecule has 0 spiro atoms. The molecular weight excluding hydrogens is 480 g/mol. The number of H-pyrrole nitrogens is 1. The highest BCUT2D eigenvalue weighted by Gasteiger charge is 2.24. The number of benzene rings is 2. The molecule has 5 aromatic rings. The van der Waals surface area contributed by atoms with Crippen LogP contribution in [0.3, 0.4) is 0 Å². The third kappa shape index (κ3) is 4.72. The summed E-state index contributed by atoms with van der Waals surface area (Å²) in [5.41, 5.74) is 5.45. The molecule has 10 nitrogen and oxygen atoms in total. The van der Waals surface area contributed by atoms with E-state index in [-0.39, 0.29) is 23.0 Å². The number of imidazole rings is 1. The quantitative estimate of drug-likeness (QED) is 0.261. The molecule has 38 heavy (non-hydrogen) atoms. The summed E-state index contributed by atoms with van der Waals surface area (Å²) in [5, 5.41) is 22.7. The lowest BCUT2D eigenvalue weighted by Crippen LogP contribution is -2.13. The Balaban J connectivity index is 1.54. The minimum absolute atomic E-state index is 0.102. The van der Waals surface area contributed by atoms with Crippen molar-refractivity contribution in [3.63, 3.8) is 0 Å². The van der Waals surface area contributed by atoms with E-state index in [9.17, 15) is 9.59 Å². The van der Waals surface area contributed by atoms with Crippen LogP contribution in [0.2, 0.25) is 0 Å². The molecule has 0 amide bonds. The van der Waals surface area contributed by atoms with Gasteiger partial charge in [0.25, 0.3) is 0 Å². The fourth-order valence-electron chi connectivity index (χ4n) is 4.61. The van der Waals surface area contributed by atoms with Crippen LogP contribution >= 0.6 is 0 Å². The van der Waals surface area contributed by atoms with Crippen molar-refractivity contribution in [2.45, 2.75) is 53.0 Å². The number of aryl methyl sites for hydroxylation is 1. The molecule has 0 aliphatic heterocycles. The van der Waals surface area contributed by atoms with Crippen LogP contribution in [0, 0.1) is 6.92 Å². The van der Waals surface area contributed by atoms with Gasteiger partial charge in [0.2, 0.25) is 0 Å². The first-order valence-electron chi connectivity index (χ1n) is 12.7. The standard InChI is InChI=1S/C28H28N8O2/c1-4-8-22(37)24-26-27(25(31-30-24)23(38)9-5-2)36(17(3)29-26)16-18-12-14-19(15-13-18)20-10-6-7-11-21(20)28-32-34-35-33-28/h6-7,10-15H,4-5,8-9,16H2,1-3H3,(H,32,33,34,35). The van der Waals surface area contributed by atoms with Crippen molar-refractivity contribution in [3.05, 3.63) is 71.3 Å². The van der Waals surface area contributed by atoms with E-state index in [1.807, 2.05) is 73.9 Å². The molecule has 3 aromatic heterocycles. The van der Waals surface area contributed by atoms with Crippen molar-refractivity contribution >= 4 is 22.6 Å². The molecule has 0 aliphatic rings. The maximum atomic E-state index is 13.0. The molecule has 0 bridgehead atoms. The lowest BCUT2D eigenvalue weighted by molar-refractivity contribution is 0.0963. The summed E-state index contributed by atoms with van der Waals surface area (Å²) in [4.78, 5) is 30.4. The van der Waals surface area contributed by atoms with Crippen molar-refractivity contribution in [1.82, 2.24) is 40.4 Å². The molecule has 0 radical (unpaired) electrons. The van der Waals surface area contributed by atoms with E-state index in [1.165, 1.54) is 0 Å². The summed E-state index contributed by atoms with van der Waals surface area (Å²) in [6.07, 6.45) is 2.09. The molecule has 1 N–H and O–H groups in total. The molecular formula is C28H28N8O2. The van der Waals surface area contributed by atoms with Gasteiger partial charge in [-0.1, -0.05) is 62.4 Å². The highest BCUT2D eigenvalue weighted by molar-refractivity contribution is 6.10. The highest BCUT2D eigenvalue weighted by atomic mass is 16.1. The molecule has 0 fully saturated rings. The zero-order valence-corrected chi connectivity index (χ0v) is 21.6. The average Bonchev–Trinajstić information content (AvgIpc) is 3.57. The predicted molar refractivity (Wildman–Crippen MR) is 143 cm³/mol. The molecule has 0 unspecified atom stereocenters. The van der Waals surface area contributed by atoms with Crippen LogP contribution in [0.1, 0.15) is 71.9 Å². The largest absolute Gasteiger partial charge is 0.322 e. The first-order chi connectivity index (χ1) is 18.5. The molecule has 0 aliphatic carbocycles. The summed E-state index contributed by atoms with van der Waals surface area (Å²) < 4.78 is 1.96. The SMILES string of the molecule is CCCC(=O)c1nnc(C(=O)CCC)c2c1nc(C)n2Cc1ccc(-c2ccccc2-c2nnn[nH]2)cc1. The Morgan fingerprint density at radius 2 is 1.50 bits per heavy atom. The van der Waals surface area contributed by atoms with Gasteiger partial charge in [0.15, 0.2) is 28.8 Å². The Hall–Kier alpha value is -4.60. The topological polar surface area (TPSA) is 132 Å². The fraction of sp³-hybridized carbons (Fsp3) is 0.286. The van der Waals surface area contributed by atoms with Crippen molar-refractivity contribution in [1.29, 1.82) is 0 Å². The molecule has 10 heteroatoms. The van der Waals surface area contributed by atoms with Crippen LogP contribution in [-0.4, -0.2) is 51.9 Å². The Labute approximate surface area is 219 Å². The maximum Gasteiger partial charge on any atom is 0.185 e. The van der Waals surface area contributed by atoms with Gasteiger partial charge in [0.1, 0.15) is 16.9 Å². The van der Waals surface area contributed by atoms with Crippen LogP contribution in [-0.2, 0) is 6.54 Å². The monoisotopic (exact) mass is 508 g/mol. The molecule has 2 aromatic carbocycles. The number of carbonyl (C=O) groups is 2. The van der Waals surface area contributed by atoms with E-state index < -0.39 is 0 Å². The normalized spacial score (nSPS) is 11.2. The first kappa shape index (κ1) is 25.1. The summed E-state index contributed by atoms with van der Waals surface area (Å²) in [5.74, 6) is 1.07. The number of aromatic amines is 1. The third-order valence-electron chi connectivity index (χ3n) is 6.47. The number of hydrogen-bond acceptors (Lipinski definition) is 8. The Morgan fingerprint density at radius 3 is 2.16 bits per heavy atom. The number of rotatable bonds is 10. The van der Waals surface area contributed by atoms with E-state index in [4.69, 9.17) is 0 Å². The third-order valence-corrected chi connectivity index (χ3v) is 6.47. The van der Waals surface area contributed by atoms with Gasteiger partial charge in [-0.25, -0.2) is 10.1 Å². The van der Waals surface area contributed by atoms with Crippen molar-refractivity contribution < 1.29 is 9.59 Å². The van der Waals surface area contributed by atoms with Gasteiger partial charge in [0, 0.05) is 24.9 Å². The smallest absolute Gasteiger partial charge is 0.185 e. The summed E-state index contributed by atoms with van der Waals surface area (Å²) in [7, 11) is 0. The summed E-state index contributed by atoms with van der Waals surface area (Å²) in [6.45, 7) is 6.23. The van der Waals surface area contributed by atoms with Gasteiger partial charge in [-0.15, -0.1) is 15.3 Å². The average molecular weight is 509 g/mol. The fourth-order valence-corrected chi connectivity index (χ4v) is 4.61. The molecule has 0 saturated carbocycles. The first-order valence-corrected chi connectivity index (χ1v) is 12.7. The van der Waals surface area contributed by atoms with E-state index in [2.05, 4.69) is 35.8 Å². The van der Waals surface area contributed by atoms with Crippen LogP contribution in [0.25, 0.3) is 33.5 Å². The lowest BCUT2D eigenvalue weighted by atomic mass is 9.98. The zero-order chi connectivity index (χ0) is 26.6. The van der Waals surface area contributed by atoms with Crippen LogP contribution in [0.15, 0.2) is 48.5 Å². The van der Waals surface area contributed by atoms with Crippen LogP contribution in [0.4, 0.5) is 0 Å². The van der Waals surface area contributed by atoms with Gasteiger partial charge in [-0.2, -0.15) is 0 Å². The highest BCUT2D eigenvalue weighted by Crippen LogP contribution is 2.30. The minimum atomic E-state index is -0.117.